The molecular weight excluding hydrogens is 343 g/mol. The molecule has 1 aliphatic heterocycles. The van der Waals surface area contributed by atoms with Gasteiger partial charge in [0.1, 0.15) is 6.61 Å². The molecule has 0 aliphatic carbocycles. The van der Waals surface area contributed by atoms with Crippen LogP contribution in [0, 0.1) is 12.7 Å². The maximum atomic E-state index is 14.7. The van der Waals surface area contributed by atoms with Crippen LogP contribution in [0.25, 0.3) is 10.9 Å². The predicted octanol–water partition coefficient (Wildman–Crippen LogP) is 4.22. The molecule has 1 fully saturated rings. The molecule has 140 valence electrons. The van der Waals surface area contributed by atoms with Gasteiger partial charge in [-0.05, 0) is 37.5 Å². The van der Waals surface area contributed by atoms with E-state index >= 15 is 0 Å². The molecule has 5 heteroatoms. The van der Waals surface area contributed by atoms with Crippen LogP contribution in [0.4, 0.5) is 10.1 Å². The highest BCUT2D eigenvalue weighted by Gasteiger charge is 2.26. The van der Waals surface area contributed by atoms with Crippen molar-refractivity contribution >= 4 is 16.6 Å². The molecule has 0 radical (unpaired) electrons. The molecule has 0 spiro atoms. The normalized spacial score (nSPS) is 16.9. The van der Waals surface area contributed by atoms with Crippen LogP contribution in [0.2, 0.25) is 0 Å². The first-order valence-electron chi connectivity index (χ1n) is 9.31. The Morgan fingerprint density at radius 3 is 2.81 bits per heavy atom. The van der Waals surface area contributed by atoms with Crippen LogP contribution in [-0.4, -0.2) is 29.3 Å². The summed E-state index contributed by atoms with van der Waals surface area (Å²) in [6, 6.07) is 14.9. The molecule has 0 amide bonds. The van der Waals surface area contributed by atoms with Crippen LogP contribution in [-0.2, 0) is 6.61 Å². The topological polar surface area (TPSA) is 45.6 Å². The SMILES string of the molecule is Cc1cc(N2CCC[C@H]2CO)c2cc(F)c(OCc3ccccc3)cc2n1. The third-order valence-corrected chi connectivity index (χ3v) is 5.10. The van der Waals surface area contributed by atoms with Gasteiger partial charge in [0.15, 0.2) is 11.6 Å². The van der Waals surface area contributed by atoms with Gasteiger partial charge in [0, 0.05) is 29.4 Å². The molecule has 0 unspecified atom stereocenters. The number of hydrogen-bond acceptors (Lipinski definition) is 4. The molecule has 1 saturated heterocycles. The van der Waals surface area contributed by atoms with Crippen molar-refractivity contribution in [3.05, 3.63) is 65.6 Å². The highest BCUT2D eigenvalue weighted by Crippen LogP contribution is 2.35. The van der Waals surface area contributed by atoms with Crippen LogP contribution in [0.5, 0.6) is 5.75 Å². The lowest BCUT2D eigenvalue weighted by Gasteiger charge is -2.27. The number of ether oxygens (including phenoxy) is 1. The monoisotopic (exact) mass is 366 g/mol. The number of aryl methyl sites for hydroxylation is 1. The number of anilines is 1. The minimum absolute atomic E-state index is 0.0760. The molecule has 4 rings (SSSR count). The Hall–Kier alpha value is -2.66. The summed E-state index contributed by atoms with van der Waals surface area (Å²) in [6.45, 7) is 3.20. The van der Waals surface area contributed by atoms with Gasteiger partial charge in [0.25, 0.3) is 0 Å². The number of benzene rings is 2. The van der Waals surface area contributed by atoms with E-state index in [1.165, 1.54) is 6.07 Å². The number of aliphatic hydroxyl groups excluding tert-OH is 1. The number of aromatic nitrogens is 1. The van der Waals surface area contributed by atoms with Gasteiger partial charge < -0.3 is 14.7 Å². The van der Waals surface area contributed by atoms with Crippen molar-refractivity contribution in [1.82, 2.24) is 4.98 Å². The molecule has 3 aromatic rings. The second-order valence-electron chi connectivity index (χ2n) is 7.03. The molecule has 27 heavy (non-hydrogen) atoms. The number of rotatable bonds is 5. The minimum Gasteiger partial charge on any atom is -0.486 e. The van der Waals surface area contributed by atoms with E-state index in [1.54, 1.807) is 6.07 Å². The number of nitrogens with zero attached hydrogens (tertiary/aromatic N) is 2. The summed E-state index contributed by atoms with van der Waals surface area (Å²) in [5.74, 6) is -0.194. The Morgan fingerprint density at radius 1 is 1.22 bits per heavy atom. The van der Waals surface area contributed by atoms with Gasteiger partial charge in [-0.15, -0.1) is 0 Å². The predicted molar refractivity (Wildman–Crippen MR) is 105 cm³/mol. The number of fused-ring (bicyclic) bond motifs is 1. The Bertz CT molecular complexity index is 946. The van der Waals surface area contributed by atoms with E-state index in [-0.39, 0.29) is 18.4 Å². The summed E-state index contributed by atoms with van der Waals surface area (Å²) in [5, 5.41) is 10.4. The maximum Gasteiger partial charge on any atom is 0.165 e. The summed E-state index contributed by atoms with van der Waals surface area (Å²) < 4.78 is 20.5. The first kappa shape index (κ1) is 17.7. The van der Waals surface area contributed by atoms with Crippen LogP contribution in [0.3, 0.4) is 0 Å². The van der Waals surface area contributed by atoms with Crippen molar-refractivity contribution in [2.75, 3.05) is 18.1 Å². The minimum atomic E-state index is -0.398. The Labute approximate surface area is 158 Å². The summed E-state index contributed by atoms with van der Waals surface area (Å²) in [4.78, 5) is 6.75. The number of aliphatic hydroxyl groups is 1. The van der Waals surface area contributed by atoms with Gasteiger partial charge in [0.2, 0.25) is 0 Å². The van der Waals surface area contributed by atoms with E-state index in [9.17, 15) is 9.50 Å². The molecule has 4 nitrogen and oxygen atoms in total. The van der Waals surface area contributed by atoms with E-state index in [1.807, 2.05) is 43.3 Å². The van der Waals surface area contributed by atoms with Gasteiger partial charge >= 0.3 is 0 Å². The van der Waals surface area contributed by atoms with Crippen molar-refractivity contribution in [3.63, 3.8) is 0 Å². The van der Waals surface area contributed by atoms with Crippen molar-refractivity contribution in [2.24, 2.45) is 0 Å². The molecule has 1 N–H and O–H groups in total. The van der Waals surface area contributed by atoms with Gasteiger partial charge in [-0.3, -0.25) is 4.98 Å². The van der Waals surface area contributed by atoms with Crippen molar-refractivity contribution < 1.29 is 14.2 Å². The van der Waals surface area contributed by atoms with E-state index < -0.39 is 5.82 Å². The van der Waals surface area contributed by atoms with Crippen LogP contribution < -0.4 is 9.64 Å². The number of halogens is 1. The zero-order valence-electron chi connectivity index (χ0n) is 15.4. The Kier molecular flexibility index (Phi) is 4.94. The summed E-state index contributed by atoms with van der Waals surface area (Å²) >= 11 is 0. The van der Waals surface area contributed by atoms with Crippen molar-refractivity contribution in [2.45, 2.75) is 32.4 Å². The molecule has 1 aliphatic rings. The maximum absolute atomic E-state index is 14.7. The van der Waals surface area contributed by atoms with Crippen molar-refractivity contribution in [3.8, 4) is 5.75 Å². The van der Waals surface area contributed by atoms with E-state index in [0.717, 1.165) is 41.7 Å². The second-order valence-corrected chi connectivity index (χ2v) is 7.03. The lowest BCUT2D eigenvalue weighted by molar-refractivity contribution is 0.266. The molecule has 0 bridgehead atoms. The summed E-state index contributed by atoms with van der Waals surface area (Å²) in [7, 11) is 0. The zero-order valence-corrected chi connectivity index (χ0v) is 15.4. The fourth-order valence-corrected chi connectivity index (χ4v) is 3.76. The van der Waals surface area contributed by atoms with Crippen LogP contribution in [0.15, 0.2) is 48.5 Å². The van der Waals surface area contributed by atoms with Gasteiger partial charge in [-0.25, -0.2) is 4.39 Å². The van der Waals surface area contributed by atoms with Crippen LogP contribution in [0.1, 0.15) is 24.1 Å². The largest absolute Gasteiger partial charge is 0.486 e. The first-order chi connectivity index (χ1) is 13.2. The lowest BCUT2D eigenvalue weighted by atomic mass is 10.1. The number of hydrogen-bond donors (Lipinski definition) is 1. The highest BCUT2D eigenvalue weighted by molar-refractivity contribution is 5.93. The smallest absolute Gasteiger partial charge is 0.165 e. The molecule has 1 atom stereocenters. The molecular formula is C22H23FN2O2. The van der Waals surface area contributed by atoms with Crippen LogP contribution >= 0.6 is 0 Å². The highest BCUT2D eigenvalue weighted by atomic mass is 19.1. The second kappa shape index (κ2) is 7.53. The molecule has 2 aromatic carbocycles. The standard InChI is InChI=1S/C22H23FN2O2/c1-15-10-21(25-9-5-8-17(25)13-26)18-11-19(23)22(12-20(18)24-15)27-14-16-6-3-2-4-7-16/h2-4,6-7,10-12,17,26H,5,8-9,13-14H2,1H3/t17-/m0/s1. The third kappa shape index (κ3) is 3.60. The van der Waals surface area contributed by atoms with Gasteiger partial charge in [0.05, 0.1) is 18.2 Å². The average Bonchev–Trinajstić information content (AvgIpc) is 3.15. The van der Waals surface area contributed by atoms with Gasteiger partial charge in [-0.2, -0.15) is 0 Å². The first-order valence-corrected chi connectivity index (χ1v) is 9.31. The van der Waals surface area contributed by atoms with E-state index in [2.05, 4.69) is 9.88 Å². The molecule has 0 saturated carbocycles. The fraction of sp³-hybridized carbons (Fsp3) is 0.318. The lowest BCUT2D eigenvalue weighted by Crippen LogP contribution is -2.32. The van der Waals surface area contributed by atoms with Gasteiger partial charge in [-0.1, -0.05) is 30.3 Å². The Morgan fingerprint density at radius 2 is 2.04 bits per heavy atom. The molecule has 2 heterocycles. The quantitative estimate of drug-likeness (QED) is 0.734. The van der Waals surface area contributed by atoms with Crippen molar-refractivity contribution in [1.29, 1.82) is 0 Å². The van der Waals surface area contributed by atoms with E-state index in [4.69, 9.17) is 4.74 Å². The Balaban J connectivity index is 1.70. The third-order valence-electron chi connectivity index (χ3n) is 5.10. The zero-order chi connectivity index (χ0) is 18.8. The summed E-state index contributed by atoms with van der Waals surface area (Å²) in [5.41, 5.74) is 3.49. The average molecular weight is 366 g/mol. The van der Waals surface area contributed by atoms with E-state index in [0.29, 0.717) is 12.1 Å². The fourth-order valence-electron chi connectivity index (χ4n) is 3.76. The summed E-state index contributed by atoms with van der Waals surface area (Å²) in [6.07, 6.45) is 1.97. The number of pyridine rings is 1. The molecule has 1 aromatic heterocycles.